The zero-order valence-electron chi connectivity index (χ0n) is 12.8. The topological polar surface area (TPSA) is 62.7 Å². The molecule has 19 heavy (non-hydrogen) atoms. The van der Waals surface area contributed by atoms with Gasteiger partial charge in [0.1, 0.15) is 0 Å². The van der Waals surface area contributed by atoms with Crippen LogP contribution in [0.15, 0.2) is 4.99 Å². The summed E-state index contributed by atoms with van der Waals surface area (Å²) in [6, 6.07) is 0. The lowest BCUT2D eigenvalue weighted by Gasteiger charge is -2.33. The van der Waals surface area contributed by atoms with Gasteiger partial charge in [0.25, 0.3) is 5.91 Å². The molecule has 0 aromatic heterocycles. The lowest BCUT2D eigenvalue weighted by Crippen LogP contribution is -2.59. The summed E-state index contributed by atoms with van der Waals surface area (Å²) < 4.78 is 6.04. The predicted octanol–water partition coefficient (Wildman–Crippen LogP) is 1.43. The minimum Gasteiger partial charge on any atom is -0.367 e. The second kappa shape index (κ2) is 4.20. The van der Waals surface area contributed by atoms with Crippen molar-refractivity contribution >= 4 is 11.9 Å². The molecule has 1 spiro atoms. The molecule has 2 aliphatic heterocycles. The van der Waals surface area contributed by atoms with Gasteiger partial charge in [-0.2, -0.15) is 0 Å². The van der Waals surface area contributed by atoms with E-state index in [1.54, 1.807) is 0 Å². The third-order valence-corrected chi connectivity index (χ3v) is 3.82. The van der Waals surface area contributed by atoms with Gasteiger partial charge in [-0.3, -0.25) is 15.1 Å². The van der Waals surface area contributed by atoms with Crippen LogP contribution in [-0.2, 0) is 9.53 Å². The number of aliphatic imine (C=N–C) groups is 1. The predicted molar refractivity (Wildman–Crippen MR) is 75.0 cm³/mol. The van der Waals surface area contributed by atoms with Crippen molar-refractivity contribution in [1.82, 2.24) is 10.6 Å². The van der Waals surface area contributed by atoms with Crippen molar-refractivity contribution in [2.45, 2.75) is 64.7 Å². The molecule has 0 aromatic carbocycles. The van der Waals surface area contributed by atoms with Crippen LogP contribution in [0.3, 0.4) is 0 Å². The molecule has 2 rings (SSSR count). The average molecular weight is 267 g/mol. The number of nitrogens with one attached hydrogen (secondary N) is 2. The van der Waals surface area contributed by atoms with E-state index in [9.17, 15) is 4.79 Å². The molecule has 2 fully saturated rings. The number of carbonyl (C=O) groups is 1. The molecule has 0 aromatic rings. The Balaban J connectivity index is 2.26. The second-order valence-corrected chi connectivity index (χ2v) is 7.12. The second-order valence-electron chi connectivity index (χ2n) is 7.12. The molecule has 1 unspecified atom stereocenters. The van der Waals surface area contributed by atoms with Crippen molar-refractivity contribution in [3.05, 3.63) is 0 Å². The molecule has 2 saturated heterocycles. The van der Waals surface area contributed by atoms with Crippen LogP contribution < -0.4 is 10.6 Å². The SMILES string of the molecule is CC(C)CN=C1NC(=O)C2(CC(C)(C)OC2(C)C)N1. The highest BCUT2D eigenvalue weighted by molar-refractivity contribution is 6.10. The van der Waals surface area contributed by atoms with Gasteiger partial charge in [0, 0.05) is 13.0 Å². The number of amides is 1. The Bertz CT molecular complexity index is 426. The van der Waals surface area contributed by atoms with Crippen molar-refractivity contribution in [2.24, 2.45) is 10.9 Å². The Kier molecular flexibility index (Phi) is 3.16. The van der Waals surface area contributed by atoms with Crippen molar-refractivity contribution in [1.29, 1.82) is 0 Å². The van der Waals surface area contributed by atoms with E-state index in [-0.39, 0.29) is 11.5 Å². The Morgan fingerprint density at radius 3 is 2.42 bits per heavy atom. The zero-order valence-corrected chi connectivity index (χ0v) is 12.8. The first-order chi connectivity index (χ1) is 8.58. The standard InChI is InChI=1S/C14H25N3O2/c1-9(2)7-15-11-16-10(18)14(17-11)8-12(3,4)19-13(14,5)6/h9H,7-8H2,1-6H3,(H2,15,16,17,18). The Morgan fingerprint density at radius 2 is 1.95 bits per heavy atom. The molecule has 2 aliphatic rings. The molecule has 5 heteroatoms. The minimum absolute atomic E-state index is 0.0365. The number of ether oxygens (including phenoxy) is 1. The zero-order chi connectivity index (χ0) is 14.5. The van der Waals surface area contributed by atoms with Crippen LogP contribution in [-0.4, -0.2) is 35.2 Å². The summed E-state index contributed by atoms with van der Waals surface area (Å²) in [6.07, 6.45) is 0.638. The summed E-state index contributed by atoms with van der Waals surface area (Å²) in [4.78, 5) is 16.8. The van der Waals surface area contributed by atoms with E-state index in [0.29, 0.717) is 24.8 Å². The van der Waals surface area contributed by atoms with Gasteiger partial charge in [-0.05, 0) is 33.6 Å². The van der Waals surface area contributed by atoms with Gasteiger partial charge < -0.3 is 10.1 Å². The summed E-state index contributed by atoms with van der Waals surface area (Å²) in [6.45, 7) is 12.8. The van der Waals surface area contributed by atoms with Crippen LogP contribution in [0.5, 0.6) is 0 Å². The Labute approximate surface area is 115 Å². The number of hydrogen-bond donors (Lipinski definition) is 2. The molecule has 1 amide bonds. The third kappa shape index (κ3) is 2.36. The number of carbonyl (C=O) groups excluding carboxylic acids is 1. The quantitative estimate of drug-likeness (QED) is 0.795. The van der Waals surface area contributed by atoms with Crippen LogP contribution in [0.1, 0.15) is 48.0 Å². The number of nitrogens with zero attached hydrogens (tertiary/aromatic N) is 1. The molecule has 1 atom stereocenters. The molecular formula is C14H25N3O2. The van der Waals surface area contributed by atoms with Gasteiger partial charge in [-0.15, -0.1) is 0 Å². The van der Waals surface area contributed by atoms with Gasteiger partial charge in [0.15, 0.2) is 11.5 Å². The van der Waals surface area contributed by atoms with Crippen LogP contribution in [0.25, 0.3) is 0 Å². The first-order valence-corrected chi connectivity index (χ1v) is 6.92. The Morgan fingerprint density at radius 1 is 1.32 bits per heavy atom. The van der Waals surface area contributed by atoms with Crippen molar-refractivity contribution in [3.63, 3.8) is 0 Å². The number of guanidine groups is 1. The number of rotatable bonds is 2. The van der Waals surface area contributed by atoms with Crippen LogP contribution in [0.2, 0.25) is 0 Å². The van der Waals surface area contributed by atoms with E-state index in [1.165, 1.54) is 0 Å². The summed E-state index contributed by atoms with van der Waals surface area (Å²) in [5.74, 6) is 1.01. The molecule has 2 heterocycles. The van der Waals surface area contributed by atoms with Gasteiger partial charge >= 0.3 is 0 Å². The summed E-state index contributed by atoms with van der Waals surface area (Å²) in [7, 11) is 0. The maximum atomic E-state index is 12.4. The molecule has 0 radical (unpaired) electrons. The van der Waals surface area contributed by atoms with E-state index >= 15 is 0 Å². The van der Waals surface area contributed by atoms with Gasteiger partial charge in [-0.1, -0.05) is 13.8 Å². The molecule has 0 aliphatic carbocycles. The highest BCUT2D eigenvalue weighted by Gasteiger charge is 2.64. The normalized spacial score (nSPS) is 34.1. The molecular weight excluding hydrogens is 242 g/mol. The molecule has 108 valence electrons. The largest absolute Gasteiger partial charge is 0.367 e. The van der Waals surface area contributed by atoms with Crippen LogP contribution >= 0.6 is 0 Å². The molecule has 0 bridgehead atoms. The molecule has 5 nitrogen and oxygen atoms in total. The van der Waals surface area contributed by atoms with Crippen LogP contribution in [0, 0.1) is 5.92 Å². The maximum absolute atomic E-state index is 12.4. The average Bonchev–Trinajstić information content (AvgIpc) is 2.60. The van der Waals surface area contributed by atoms with E-state index in [4.69, 9.17) is 4.74 Å². The molecule has 0 saturated carbocycles. The molecule has 2 N–H and O–H groups in total. The van der Waals surface area contributed by atoms with Crippen LogP contribution in [0.4, 0.5) is 0 Å². The van der Waals surface area contributed by atoms with Gasteiger partial charge in [0.2, 0.25) is 0 Å². The number of hydrogen-bond acceptors (Lipinski definition) is 3. The summed E-state index contributed by atoms with van der Waals surface area (Å²) in [5.41, 5.74) is -1.59. The lowest BCUT2D eigenvalue weighted by molar-refractivity contribution is -0.131. The fourth-order valence-electron chi connectivity index (χ4n) is 3.07. The lowest BCUT2D eigenvalue weighted by atomic mass is 9.79. The van der Waals surface area contributed by atoms with E-state index in [2.05, 4.69) is 29.5 Å². The third-order valence-electron chi connectivity index (χ3n) is 3.82. The summed E-state index contributed by atoms with van der Waals surface area (Å²) in [5, 5.41) is 6.14. The minimum atomic E-state index is -0.716. The van der Waals surface area contributed by atoms with Crippen molar-refractivity contribution in [2.75, 3.05) is 6.54 Å². The fraction of sp³-hybridized carbons (Fsp3) is 0.857. The van der Waals surface area contributed by atoms with Crippen molar-refractivity contribution < 1.29 is 9.53 Å². The fourth-order valence-corrected chi connectivity index (χ4v) is 3.07. The summed E-state index contributed by atoms with van der Waals surface area (Å²) >= 11 is 0. The first kappa shape index (κ1) is 14.3. The highest BCUT2D eigenvalue weighted by Crippen LogP contribution is 2.46. The Hall–Kier alpha value is -1.10. The van der Waals surface area contributed by atoms with E-state index < -0.39 is 11.1 Å². The highest BCUT2D eigenvalue weighted by atomic mass is 16.5. The maximum Gasteiger partial charge on any atom is 0.255 e. The van der Waals surface area contributed by atoms with Gasteiger partial charge in [-0.25, -0.2) is 0 Å². The monoisotopic (exact) mass is 267 g/mol. The first-order valence-electron chi connectivity index (χ1n) is 6.92. The van der Waals surface area contributed by atoms with E-state index in [0.717, 1.165) is 0 Å². The van der Waals surface area contributed by atoms with Gasteiger partial charge in [0.05, 0.1) is 11.2 Å². The van der Waals surface area contributed by atoms with E-state index in [1.807, 2.05) is 27.7 Å². The van der Waals surface area contributed by atoms with Crippen molar-refractivity contribution in [3.8, 4) is 0 Å². The smallest absolute Gasteiger partial charge is 0.255 e.